The summed E-state index contributed by atoms with van der Waals surface area (Å²) < 4.78 is 11.1. The van der Waals surface area contributed by atoms with Gasteiger partial charge in [0, 0.05) is 12.6 Å². The monoisotopic (exact) mass is 446 g/mol. The van der Waals surface area contributed by atoms with E-state index in [1.54, 1.807) is 0 Å². The molecule has 0 saturated heterocycles. The maximum Gasteiger partial charge on any atom is 0.330 e. The number of amides is 1. The average Bonchev–Trinajstić information content (AvgIpc) is 2.90. The lowest BCUT2D eigenvalue weighted by atomic mass is 9.81. The fourth-order valence-electron chi connectivity index (χ4n) is 3.33. The highest BCUT2D eigenvalue weighted by Crippen LogP contribution is 2.39. The molecule has 2 atom stereocenters. The number of hydrogen-bond acceptors (Lipinski definition) is 5. The van der Waals surface area contributed by atoms with E-state index in [1.807, 2.05) is 12.3 Å². The molecule has 1 aliphatic rings. The van der Waals surface area contributed by atoms with Crippen LogP contribution in [0.2, 0.25) is 18.1 Å². The minimum atomic E-state index is -1.95. The zero-order valence-corrected chi connectivity index (χ0v) is 20.9. The minimum Gasteiger partial charge on any atom is -0.549 e. The number of hydrogen-bond donors (Lipinski definition) is 0. The number of carbonyl (C=O) groups is 2. The summed E-state index contributed by atoms with van der Waals surface area (Å²) in [6.45, 7) is 11.7. The van der Waals surface area contributed by atoms with Crippen molar-refractivity contribution in [2.75, 3.05) is 20.2 Å². The SMILES string of the molecule is COC(=O)/C=C/CC[C@@H]1/C(=C\O[Si](C)(C)C(C)(C)C)CC=CC[C@@H]1CN(C=O)CC#N. The van der Waals surface area contributed by atoms with Gasteiger partial charge >= 0.3 is 5.97 Å². The van der Waals surface area contributed by atoms with Crippen molar-refractivity contribution in [1.29, 1.82) is 5.26 Å². The van der Waals surface area contributed by atoms with Crippen molar-refractivity contribution in [3.63, 3.8) is 0 Å². The van der Waals surface area contributed by atoms with Crippen molar-refractivity contribution in [2.45, 2.75) is 64.6 Å². The molecule has 31 heavy (non-hydrogen) atoms. The number of ether oxygens (including phenoxy) is 1. The van der Waals surface area contributed by atoms with Crippen LogP contribution in [0.4, 0.5) is 0 Å². The largest absolute Gasteiger partial charge is 0.549 e. The van der Waals surface area contributed by atoms with Crippen LogP contribution in [0, 0.1) is 23.2 Å². The number of allylic oxidation sites excluding steroid dienone is 4. The summed E-state index contributed by atoms with van der Waals surface area (Å²) in [6.07, 6.45) is 13.5. The zero-order valence-electron chi connectivity index (χ0n) is 19.9. The second kappa shape index (κ2) is 12.5. The topological polar surface area (TPSA) is 79.6 Å². The molecule has 0 aromatic heterocycles. The first-order valence-electron chi connectivity index (χ1n) is 10.9. The van der Waals surface area contributed by atoms with Crippen LogP contribution in [0.25, 0.3) is 0 Å². The third kappa shape index (κ3) is 8.74. The van der Waals surface area contributed by atoms with Gasteiger partial charge in [-0.3, -0.25) is 4.79 Å². The summed E-state index contributed by atoms with van der Waals surface area (Å²) >= 11 is 0. The quantitative estimate of drug-likeness (QED) is 0.0900. The smallest absolute Gasteiger partial charge is 0.330 e. The number of rotatable bonds is 10. The van der Waals surface area contributed by atoms with Gasteiger partial charge in [-0.2, -0.15) is 5.26 Å². The second-order valence-electron chi connectivity index (χ2n) is 9.54. The number of nitriles is 1. The molecule has 0 saturated carbocycles. The first-order valence-corrected chi connectivity index (χ1v) is 13.8. The molecule has 0 bridgehead atoms. The van der Waals surface area contributed by atoms with E-state index in [4.69, 9.17) is 9.69 Å². The van der Waals surface area contributed by atoms with Gasteiger partial charge in [0.1, 0.15) is 6.54 Å². The fourth-order valence-corrected chi connectivity index (χ4v) is 4.13. The standard InChI is InChI=1S/C24H38N2O4Si/c1-24(2,3)31(5,6)30-18-21-12-8-7-11-20(17-26(19-27)16-15-25)22(21)13-9-10-14-23(28)29-4/h7-8,10,14,18-20,22H,9,11-13,16-17H2,1-6H3/b14-10+,21-18-/t20-,22+/m1/s1. The number of carbonyl (C=O) groups excluding carboxylic acids is 2. The van der Waals surface area contributed by atoms with Crippen LogP contribution in [0.15, 0.2) is 36.1 Å². The highest BCUT2D eigenvalue weighted by molar-refractivity contribution is 6.74. The predicted molar refractivity (Wildman–Crippen MR) is 125 cm³/mol. The van der Waals surface area contributed by atoms with Gasteiger partial charge in [-0.25, -0.2) is 4.79 Å². The van der Waals surface area contributed by atoms with Gasteiger partial charge in [-0.05, 0) is 61.2 Å². The molecular formula is C24H38N2O4Si. The first-order chi connectivity index (χ1) is 14.6. The van der Waals surface area contributed by atoms with E-state index >= 15 is 0 Å². The Morgan fingerprint density at radius 3 is 2.65 bits per heavy atom. The molecular weight excluding hydrogens is 408 g/mol. The summed E-state index contributed by atoms with van der Waals surface area (Å²) in [6, 6.07) is 2.06. The highest BCUT2D eigenvalue weighted by atomic mass is 28.4. The highest BCUT2D eigenvalue weighted by Gasteiger charge is 2.38. The summed E-state index contributed by atoms with van der Waals surface area (Å²) in [7, 11) is -0.589. The molecule has 0 spiro atoms. The van der Waals surface area contributed by atoms with Crippen molar-refractivity contribution in [3.05, 3.63) is 36.1 Å². The molecule has 0 aromatic carbocycles. The van der Waals surface area contributed by atoms with Crippen LogP contribution in [0.5, 0.6) is 0 Å². The molecule has 0 aromatic rings. The van der Waals surface area contributed by atoms with Crippen LogP contribution in [-0.4, -0.2) is 45.8 Å². The summed E-state index contributed by atoms with van der Waals surface area (Å²) in [4.78, 5) is 24.4. The Hall–Kier alpha value is -2.33. The van der Waals surface area contributed by atoms with Gasteiger partial charge < -0.3 is 14.1 Å². The van der Waals surface area contributed by atoms with Crippen molar-refractivity contribution < 1.29 is 18.8 Å². The van der Waals surface area contributed by atoms with Gasteiger partial charge in [0.15, 0.2) is 0 Å². The Balaban J connectivity index is 3.13. The Morgan fingerprint density at radius 1 is 1.35 bits per heavy atom. The van der Waals surface area contributed by atoms with Gasteiger partial charge in [-0.15, -0.1) is 0 Å². The molecule has 6 nitrogen and oxygen atoms in total. The van der Waals surface area contributed by atoms with Crippen molar-refractivity contribution in [1.82, 2.24) is 4.90 Å². The van der Waals surface area contributed by atoms with Crippen LogP contribution < -0.4 is 0 Å². The van der Waals surface area contributed by atoms with Gasteiger partial charge in [0.05, 0.1) is 19.4 Å². The lowest BCUT2D eigenvalue weighted by Gasteiger charge is -2.36. The average molecular weight is 447 g/mol. The molecule has 0 N–H and O–H groups in total. The van der Waals surface area contributed by atoms with Gasteiger partial charge in [-0.1, -0.05) is 39.0 Å². The van der Waals surface area contributed by atoms with Gasteiger partial charge in [0.25, 0.3) is 0 Å². The first kappa shape index (κ1) is 26.7. The Kier molecular flexibility index (Phi) is 10.8. The Labute approximate surface area is 188 Å². The van der Waals surface area contributed by atoms with E-state index in [-0.39, 0.29) is 29.4 Å². The number of methoxy groups -OCH3 is 1. The minimum absolute atomic E-state index is 0.0815. The van der Waals surface area contributed by atoms with Crippen molar-refractivity contribution >= 4 is 20.7 Å². The lowest BCUT2D eigenvalue weighted by molar-refractivity contribution is -0.134. The maximum atomic E-state index is 11.4. The van der Waals surface area contributed by atoms with Gasteiger partial charge in [0.2, 0.25) is 14.7 Å². The van der Waals surface area contributed by atoms with E-state index in [1.165, 1.54) is 23.7 Å². The molecule has 172 valence electrons. The van der Waals surface area contributed by atoms with E-state index < -0.39 is 8.32 Å². The number of nitrogens with zero attached hydrogens (tertiary/aromatic N) is 2. The molecule has 0 heterocycles. The third-order valence-electron chi connectivity index (χ3n) is 6.31. The molecule has 0 fully saturated rings. The predicted octanol–water partition coefficient (Wildman–Crippen LogP) is 4.97. The molecule has 0 unspecified atom stereocenters. The maximum absolute atomic E-state index is 11.4. The van der Waals surface area contributed by atoms with E-state index in [9.17, 15) is 9.59 Å². The molecule has 1 rings (SSSR count). The van der Waals surface area contributed by atoms with Crippen LogP contribution in [-0.2, 0) is 18.8 Å². The zero-order chi connectivity index (χ0) is 23.5. The fraction of sp³-hybridized carbons (Fsp3) is 0.625. The van der Waals surface area contributed by atoms with E-state index in [0.29, 0.717) is 13.0 Å². The third-order valence-corrected chi connectivity index (χ3v) is 10.6. The van der Waals surface area contributed by atoms with E-state index in [0.717, 1.165) is 25.7 Å². The molecule has 1 amide bonds. The summed E-state index contributed by atoms with van der Waals surface area (Å²) in [5, 5.41) is 9.13. The molecule has 0 radical (unpaired) electrons. The van der Waals surface area contributed by atoms with Crippen LogP contribution >= 0.6 is 0 Å². The van der Waals surface area contributed by atoms with Crippen LogP contribution in [0.3, 0.4) is 0 Å². The molecule has 7 heteroatoms. The molecule has 1 aliphatic carbocycles. The van der Waals surface area contributed by atoms with Crippen LogP contribution in [0.1, 0.15) is 46.5 Å². The Bertz CT molecular complexity index is 729. The Morgan fingerprint density at radius 2 is 2.06 bits per heavy atom. The number of esters is 1. The second-order valence-corrected chi connectivity index (χ2v) is 14.3. The molecule has 0 aliphatic heterocycles. The van der Waals surface area contributed by atoms with E-state index in [2.05, 4.69) is 56.8 Å². The summed E-state index contributed by atoms with van der Waals surface area (Å²) in [5.41, 5.74) is 1.21. The summed E-state index contributed by atoms with van der Waals surface area (Å²) in [5.74, 6) is -0.00133. The van der Waals surface area contributed by atoms with Crippen molar-refractivity contribution in [2.24, 2.45) is 11.8 Å². The normalized spacial score (nSPS) is 20.9. The van der Waals surface area contributed by atoms with Crippen molar-refractivity contribution in [3.8, 4) is 6.07 Å². The lowest BCUT2D eigenvalue weighted by Crippen LogP contribution is -2.39.